The van der Waals surface area contributed by atoms with E-state index in [9.17, 15) is 24.9 Å². The highest BCUT2D eigenvalue weighted by Crippen LogP contribution is 2.56. The molecule has 1 aliphatic heterocycles. The van der Waals surface area contributed by atoms with Gasteiger partial charge in [0.2, 0.25) is 0 Å². The van der Waals surface area contributed by atoms with E-state index in [-0.39, 0.29) is 18.3 Å². The summed E-state index contributed by atoms with van der Waals surface area (Å²) in [6, 6.07) is 1.33. The molecule has 1 saturated heterocycles. The minimum Gasteiger partial charge on any atom is -0.459 e. The summed E-state index contributed by atoms with van der Waals surface area (Å²) in [5, 5.41) is 31.2. The van der Waals surface area contributed by atoms with Crippen molar-refractivity contribution in [3.05, 3.63) is 33.4 Å². The summed E-state index contributed by atoms with van der Waals surface area (Å²) in [4.78, 5) is 24.2. The monoisotopic (exact) mass is 336 g/mol. The third-order valence-corrected chi connectivity index (χ3v) is 5.63. The highest BCUT2D eigenvalue weighted by Gasteiger charge is 2.61. The minimum atomic E-state index is -1.22. The smallest absolute Gasteiger partial charge is 0.336 e. The molecule has 0 aromatic carbocycles. The predicted octanol–water partition coefficient (Wildman–Crippen LogP) is 0.177. The number of rotatable bonds is 1. The quantitative estimate of drug-likeness (QED) is 0.626. The van der Waals surface area contributed by atoms with E-state index >= 15 is 0 Å². The number of hydrogen-bond acceptors (Lipinski definition) is 7. The number of carbonyl (C=O) groups excluding carboxylic acids is 1. The first-order valence-electron chi connectivity index (χ1n) is 8.23. The first-order valence-corrected chi connectivity index (χ1v) is 8.23. The molecule has 1 saturated carbocycles. The van der Waals surface area contributed by atoms with Gasteiger partial charge in [-0.15, -0.1) is 0 Å². The Morgan fingerprint density at radius 1 is 1.21 bits per heavy atom. The van der Waals surface area contributed by atoms with Crippen molar-refractivity contribution < 1.29 is 29.3 Å². The fourth-order valence-corrected chi connectivity index (χ4v) is 4.66. The Balaban J connectivity index is 1.94. The van der Waals surface area contributed by atoms with E-state index in [1.165, 1.54) is 6.07 Å². The SMILES string of the molecule is CC(C)c1oc(=O)cc2c1C(O)C1OC(=O)C3C(O)C(O)CC2C13. The van der Waals surface area contributed by atoms with Crippen LogP contribution in [-0.2, 0) is 9.53 Å². The standard InChI is InChI=1S/C17H20O7/c1-5(2)15-11-7(4-9(19)23-15)6-3-8(18)13(20)12-10(6)16(14(11)21)24-17(12)22/h4-6,8,10,12-14,16,18,20-21H,3H2,1-2H3. The van der Waals surface area contributed by atoms with Crippen molar-refractivity contribution in [2.24, 2.45) is 11.8 Å². The Kier molecular flexibility index (Phi) is 3.39. The fraction of sp³-hybridized carbons (Fsp3) is 0.647. The topological polar surface area (TPSA) is 117 Å². The molecule has 130 valence electrons. The number of aliphatic hydroxyl groups is 3. The molecule has 0 spiro atoms. The summed E-state index contributed by atoms with van der Waals surface area (Å²) in [5.41, 5.74) is 0.552. The second kappa shape index (κ2) is 5.15. The van der Waals surface area contributed by atoms with Crippen LogP contribution in [0.5, 0.6) is 0 Å². The van der Waals surface area contributed by atoms with Gasteiger partial charge in [-0.05, 0) is 17.9 Å². The molecule has 2 fully saturated rings. The molecule has 7 atom stereocenters. The first-order chi connectivity index (χ1) is 11.3. The molecule has 24 heavy (non-hydrogen) atoms. The highest BCUT2D eigenvalue weighted by molar-refractivity contribution is 5.77. The van der Waals surface area contributed by atoms with E-state index in [0.717, 1.165) is 0 Å². The lowest BCUT2D eigenvalue weighted by atomic mass is 9.61. The summed E-state index contributed by atoms with van der Waals surface area (Å²) in [6.07, 6.45) is -4.01. The molecule has 0 bridgehead atoms. The second-order valence-corrected chi connectivity index (χ2v) is 7.30. The first kappa shape index (κ1) is 15.8. The molecule has 7 unspecified atom stereocenters. The average Bonchev–Trinajstić information content (AvgIpc) is 2.86. The highest BCUT2D eigenvalue weighted by atomic mass is 16.6. The van der Waals surface area contributed by atoms with Gasteiger partial charge in [0.25, 0.3) is 0 Å². The summed E-state index contributed by atoms with van der Waals surface area (Å²) in [5.74, 6) is -2.06. The maximum absolute atomic E-state index is 12.2. The Morgan fingerprint density at radius 2 is 1.92 bits per heavy atom. The Bertz CT molecular complexity index is 752. The van der Waals surface area contributed by atoms with Gasteiger partial charge < -0.3 is 24.5 Å². The number of aliphatic hydroxyl groups excluding tert-OH is 3. The number of carbonyl (C=O) groups is 1. The van der Waals surface area contributed by atoms with Crippen molar-refractivity contribution in [2.75, 3.05) is 0 Å². The number of esters is 1. The van der Waals surface area contributed by atoms with Gasteiger partial charge >= 0.3 is 11.6 Å². The summed E-state index contributed by atoms with van der Waals surface area (Å²) < 4.78 is 10.7. The van der Waals surface area contributed by atoms with E-state index in [0.29, 0.717) is 16.9 Å². The molecule has 1 aromatic heterocycles. The fourth-order valence-electron chi connectivity index (χ4n) is 4.66. The number of ether oxygens (including phenoxy) is 1. The van der Waals surface area contributed by atoms with Gasteiger partial charge in [0, 0.05) is 23.5 Å². The number of hydrogen-bond donors (Lipinski definition) is 3. The van der Waals surface area contributed by atoms with Crippen LogP contribution >= 0.6 is 0 Å². The molecule has 3 N–H and O–H groups in total. The zero-order valence-corrected chi connectivity index (χ0v) is 13.4. The third kappa shape index (κ3) is 1.95. The van der Waals surface area contributed by atoms with Gasteiger partial charge in [-0.3, -0.25) is 4.79 Å². The largest absolute Gasteiger partial charge is 0.459 e. The zero-order valence-electron chi connectivity index (χ0n) is 13.4. The van der Waals surface area contributed by atoms with Crippen molar-refractivity contribution in [1.82, 2.24) is 0 Å². The van der Waals surface area contributed by atoms with Crippen LogP contribution < -0.4 is 5.63 Å². The molecule has 1 aromatic rings. The van der Waals surface area contributed by atoms with Gasteiger partial charge in [0.15, 0.2) is 0 Å². The lowest BCUT2D eigenvalue weighted by Gasteiger charge is -2.44. The molecular weight excluding hydrogens is 316 g/mol. The van der Waals surface area contributed by atoms with E-state index in [1.807, 2.05) is 13.8 Å². The molecule has 3 aliphatic rings. The van der Waals surface area contributed by atoms with Crippen molar-refractivity contribution in [3.63, 3.8) is 0 Å². The van der Waals surface area contributed by atoms with Crippen molar-refractivity contribution in [1.29, 1.82) is 0 Å². The lowest BCUT2D eigenvalue weighted by molar-refractivity contribution is -0.152. The van der Waals surface area contributed by atoms with E-state index in [2.05, 4.69) is 0 Å². The van der Waals surface area contributed by atoms with Crippen LogP contribution in [0, 0.1) is 11.8 Å². The van der Waals surface area contributed by atoms with Gasteiger partial charge in [0.1, 0.15) is 18.0 Å². The lowest BCUT2D eigenvalue weighted by Crippen LogP contribution is -2.50. The maximum atomic E-state index is 12.2. The van der Waals surface area contributed by atoms with Gasteiger partial charge in [-0.25, -0.2) is 4.79 Å². The molecule has 0 amide bonds. The average molecular weight is 336 g/mol. The van der Waals surface area contributed by atoms with Gasteiger partial charge in [0.05, 0.1) is 18.1 Å². The molecule has 7 heteroatoms. The Labute approximate surface area is 137 Å². The predicted molar refractivity (Wildman–Crippen MR) is 80.3 cm³/mol. The minimum absolute atomic E-state index is 0.133. The van der Waals surface area contributed by atoms with Crippen LogP contribution in [-0.4, -0.2) is 39.6 Å². The Hall–Kier alpha value is -1.70. The second-order valence-electron chi connectivity index (χ2n) is 7.30. The van der Waals surface area contributed by atoms with Crippen LogP contribution in [0.3, 0.4) is 0 Å². The number of fused-ring (bicyclic) bond motifs is 2. The zero-order chi connectivity index (χ0) is 17.3. The summed E-state index contributed by atoms with van der Waals surface area (Å²) in [7, 11) is 0. The molecular formula is C17H20O7. The van der Waals surface area contributed by atoms with Crippen LogP contribution in [0.2, 0.25) is 0 Å². The van der Waals surface area contributed by atoms with Crippen LogP contribution in [0.1, 0.15) is 55.1 Å². The third-order valence-electron chi connectivity index (χ3n) is 5.63. The van der Waals surface area contributed by atoms with E-state index in [1.54, 1.807) is 0 Å². The van der Waals surface area contributed by atoms with Gasteiger partial charge in [-0.1, -0.05) is 13.8 Å². The van der Waals surface area contributed by atoms with Crippen LogP contribution in [0.15, 0.2) is 15.3 Å². The van der Waals surface area contributed by atoms with Crippen molar-refractivity contribution >= 4 is 5.97 Å². The molecule has 4 rings (SSSR count). The van der Waals surface area contributed by atoms with Crippen molar-refractivity contribution in [2.45, 2.75) is 56.5 Å². The molecule has 7 nitrogen and oxygen atoms in total. The van der Waals surface area contributed by atoms with Crippen LogP contribution in [0.25, 0.3) is 0 Å². The maximum Gasteiger partial charge on any atom is 0.336 e. The van der Waals surface area contributed by atoms with E-state index < -0.39 is 47.8 Å². The molecule has 0 radical (unpaired) electrons. The molecule has 2 heterocycles. The normalized spacial score (nSPS) is 40.2. The van der Waals surface area contributed by atoms with Gasteiger partial charge in [-0.2, -0.15) is 0 Å². The van der Waals surface area contributed by atoms with Crippen molar-refractivity contribution in [3.8, 4) is 0 Å². The van der Waals surface area contributed by atoms with Crippen LogP contribution in [0.4, 0.5) is 0 Å². The summed E-state index contributed by atoms with van der Waals surface area (Å²) >= 11 is 0. The Morgan fingerprint density at radius 3 is 2.58 bits per heavy atom. The summed E-state index contributed by atoms with van der Waals surface area (Å²) in [6.45, 7) is 3.70. The van der Waals surface area contributed by atoms with E-state index in [4.69, 9.17) is 9.15 Å². The molecule has 2 aliphatic carbocycles.